The quantitative estimate of drug-likeness (QED) is 0.583. The van der Waals surface area contributed by atoms with Crippen molar-refractivity contribution in [2.45, 2.75) is 36.7 Å². The molecule has 11 heteroatoms. The molecular weight excluding hydrogens is 410 g/mol. The Kier molecular flexibility index (Phi) is 4.33. The first-order valence-corrected chi connectivity index (χ1v) is 11.0. The topological polar surface area (TPSA) is 113 Å². The highest BCUT2D eigenvalue weighted by molar-refractivity contribution is 7.89. The van der Waals surface area contributed by atoms with Gasteiger partial charge in [-0.05, 0) is 25.0 Å². The van der Waals surface area contributed by atoms with E-state index in [-0.39, 0.29) is 18.0 Å². The highest BCUT2D eigenvalue weighted by Gasteiger charge is 2.37. The average Bonchev–Trinajstić information content (AvgIpc) is 3.18. The van der Waals surface area contributed by atoms with Crippen LogP contribution in [-0.2, 0) is 30.2 Å². The van der Waals surface area contributed by atoms with Gasteiger partial charge in [0.15, 0.2) is 23.0 Å². The summed E-state index contributed by atoms with van der Waals surface area (Å²) in [5, 5.41) is 8.54. The maximum Gasteiger partial charge on any atom is 0.278 e. The van der Waals surface area contributed by atoms with Crippen molar-refractivity contribution < 1.29 is 22.4 Å². The molecule has 0 radical (unpaired) electrons. The highest BCUT2D eigenvalue weighted by Crippen LogP contribution is 2.40. The minimum atomic E-state index is -3.76. The molecule has 1 saturated carbocycles. The molecule has 3 heterocycles. The summed E-state index contributed by atoms with van der Waals surface area (Å²) in [5.74, 6) is 2.21. The zero-order valence-corrected chi connectivity index (χ0v) is 17.6. The molecule has 1 aromatic carbocycles. The predicted molar refractivity (Wildman–Crippen MR) is 104 cm³/mol. The lowest BCUT2D eigenvalue weighted by atomic mass is 10.2. The summed E-state index contributed by atoms with van der Waals surface area (Å²) in [7, 11) is 1.00. The Bertz CT molecular complexity index is 1230. The third kappa shape index (κ3) is 2.96. The third-order valence-corrected chi connectivity index (χ3v) is 7.30. The van der Waals surface area contributed by atoms with E-state index >= 15 is 0 Å². The van der Waals surface area contributed by atoms with Crippen molar-refractivity contribution in [2.75, 3.05) is 14.2 Å². The van der Waals surface area contributed by atoms with Crippen LogP contribution in [0.2, 0.25) is 0 Å². The van der Waals surface area contributed by atoms with Crippen LogP contribution in [0.4, 0.5) is 0 Å². The SMILES string of the molecule is COc1ccc(S(=O)(=O)N2Cc3c(-c4nc(C5CC5)no4)nn(C)c3C2)cc1OC. The van der Waals surface area contributed by atoms with Crippen molar-refractivity contribution in [3.63, 3.8) is 0 Å². The molecule has 30 heavy (non-hydrogen) atoms. The molecule has 5 rings (SSSR count). The molecular formula is C19H21N5O5S. The van der Waals surface area contributed by atoms with Crippen LogP contribution in [0.25, 0.3) is 11.6 Å². The van der Waals surface area contributed by atoms with Gasteiger partial charge in [-0.25, -0.2) is 8.42 Å². The molecule has 1 aliphatic heterocycles. The number of nitrogens with zero attached hydrogens (tertiary/aromatic N) is 5. The van der Waals surface area contributed by atoms with Crippen molar-refractivity contribution in [3.05, 3.63) is 35.3 Å². The first kappa shape index (κ1) is 19.1. The Morgan fingerprint density at radius 1 is 1.13 bits per heavy atom. The number of hydrogen-bond acceptors (Lipinski definition) is 8. The fourth-order valence-electron chi connectivity index (χ4n) is 3.67. The Hall–Kier alpha value is -2.92. The maximum absolute atomic E-state index is 13.3. The molecule has 0 bridgehead atoms. The van der Waals surface area contributed by atoms with Gasteiger partial charge in [0.25, 0.3) is 5.89 Å². The van der Waals surface area contributed by atoms with Gasteiger partial charge in [-0.1, -0.05) is 5.16 Å². The number of rotatable bonds is 6. The highest BCUT2D eigenvalue weighted by atomic mass is 32.2. The van der Waals surface area contributed by atoms with Gasteiger partial charge in [0.1, 0.15) is 0 Å². The number of aromatic nitrogens is 4. The molecule has 2 aliphatic rings. The molecule has 3 aromatic rings. The van der Waals surface area contributed by atoms with E-state index in [1.807, 2.05) is 0 Å². The summed E-state index contributed by atoms with van der Waals surface area (Å²) in [4.78, 5) is 4.60. The summed E-state index contributed by atoms with van der Waals surface area (Å²) in [6.07, 6.45) is 2.13. The van der Waals surface area contributed by atoms with Crippen LogP contribution in [0, 0.1) is 0 Å². The molecule has 1 aliphatic carbocycles. The first-order chi connectivity index (χ1) is 14.4. The molecule has 0 atom stereocenters. The van der Waals surface area contributed by atoms with Crippen molar-refractivity contribution in [3.8, 4) is 23.1 Å². The molecule has 1 fully saturated rings. The Labute approximate surface area is 173 Å². The van der Waals surface area contributed by atoms with E-state index in [0.29, 0.717) is 34.8 Å². The van der Waals surface area contributed by atoms with Crippen LogP contribution in [0.3, 0.4) is 0 Å². The number of fused-ring (bicyclic) bond motifs is 1. The minimum Gasteiger partial charge on any atom is -0.493 e. The van der Waals surface area contributed by atoms with E-state index in [0.717, 1.165) is 24.1 Å². The van der Waals surface area contributed by atoms with Crippen molar-refractivity contribution in [1.29, 1.82) is 0 Å². The van der Waals surface area contributed by atoms with Gasteiger partial charge in [-0.2, -0.15) is 14.4 Å². The fourth-order valence-corrected chi connectivity index (χ4v) is 5.06. The molecule has 0 spiro atoms. The Morgan fingerprint density at radius 2 is 1.90 bits per heavy atom. The van der Waals surface area contributed by atoms with Gasteiger partial charge in [-0.15, -0.1) is 0 Å². The number of sulfonamides is 1. The van der Waals surface area contributed by atoms with Gasteiger partial charge < -0.3 is 14.0 Å². The van der Waals surface area contributed by atoms with Crippen molar-refractivity contribution in [2.24, 2.45) is 7.05 Å². The van der Waals surface area contributed by atoms with Crippen LogP contribution in [-0.4, -0.2) is 46.9 Å². The molecule has 0 saturated heterocycles. The number of ether oxygens (including phenoxy) is 2. The Morgan fingerprint density at radius 3 is 2.60 bits per heavy atom. The van der Waals surface area contributed by atoms with Gasteiger partial charge in [-0.3, -0.25) is 4.68 Å². The van der Waals surface area contributed by atoms with Crippen LogP contribution in [0.15, 0.2) is 27.6 Å². The van der Waals surface area contributed by atoms with E-state index < -0.39 is 10.0 Å². The first-order valence-electron chi connectivity index (χ1n) is 9.53. The molecule has 10 nitrogen and oxygen atoms in total. The molecule has 2 aromatic heterocycles. The van der Waals surface area contributed by atoms with Gasteiger partial charge >= 0.3 is 0 Å². The second kappa shape index (κ2) is 6.81. The van der Waals surface area contributed by atoms with E-state index in [2.05, 4.69) is 15.2 Å². The number of hydrogen-bond donors (Lipinski definition) is 0. The largest absolute Gasteiger partial charge is 0.493 e. The third-order valence-electron chi connectivity index (χ3n) is 5.52. The monoisotopic (exact) mass is 431 g/mol. The summed E-state index contributed by atoms with van der Waals surface area (Å²) in [6.45, 7) is 0.384. The lowest BCUT2D eigenvalue weighted by molar-refractivity contribution is 0.353. The van der Waals surface area contributed by atoms with E-state index in [9.17, 15) is 8.42 Å². The van der Waals surface area contributed by atoms with Gasteiger partial charge in [0, 0.05) is 31.1 Å². The zero-order valence-electron chi connectivity index (χ0n) is 16.8. The Balaban J connectivity index is 1.47. The van der Waals surface area contributed by atoms with Crippen LogP contribution in [0.5, 0.6) is 11.5 Å². The van der Waals surface area contributed by atoms with Gasteiger partial charge in [0.05, 0.1) is 31.4 Å². The lowest BCUT2D eigenvalue weighted by Crippen LogP contribution is -2.26. The van der Waals surface area contributed by atoms with Crippen molar-refractivity contribution >= 4 is 10.0 Å². The number of aryl methyl sites for hydroxylation is 1. The van der Waals surface area contributed by atoms with Crippen LogP contribution >= 0.6 is 0 Å². The molecule has 0 N–H and O–H groups in total. The fraction of sp³-hybridized carbons (Fsp3) is 0.421. The van der Waals surface area contributed by atoms with E-state index in [4.69, 9.17) is 14.0 Å². The molecule has 0 amide bonds. The van der Waals surface area contributed by atoms with E-state index in [1.165, 1.54) is 30.7 Å². The van der Waals surface area contributed by atoms with E-state index in [1.54, 1.807) is 17.8 Å². The molecule has 0 unspecified atom stereocenters. The average molecular weight is 431 g/mol. The molecule has 158 valence electrons. The van der Waals surface area contributed by atoms with Gasteiger partial charge in [0.2, 0.25) is 10.0 Å². The maximum atomic E-state index is 13.3. The zero-order chi connectivity index (χ0) is 21.0. The second-order valence-electron chi connectivity index (χ2n) is 7.42. The summed E-state index contributed by atoms with van der Waals surface area (Å²) in [6, 6.07) is 4.56. The summed E-state index contributed by atoms with van der Waals surface area (Å²) in [5.41, 5.74) is 2.13. The summed E-state index contributed by atoms with van der Waals surface area (Å²) < 4.78 is 45.5. The standard InChI is InChI=1S/C19H21N5O5S/c1-23-14-10-24(30(25,26)12-6-7-15(27-2)16(8-12)28-3)9-13(14)17(21-23)19-20-18(22-29-19)11-4-5-11/h6-8,11H,4-5,9-10H2,1-3H3. The number of methoxy groups -OCH3 is 2. The number of benzene rings is 1. The van der Waals surface area contributed by atoms with Crippen molar-refractivity contribution in [1.82, 2.24) is 24.2 Å². The van der Waals surface area contributed by atoms with Crippen LogP contribution < -0.4 is 9.47 Å². The normalized spacial score (nSPS) is 16.6. The summed E-state index contributed by atoms with van der Waals surface area (Å²) >= 11 is 0. The second-order valence-corrected chi connectivity index (χ2v) is 9.36. The minimum absolute atomic E-state index is 0.135. The lowest BCUT2D eigenvalue weighted by Gasteiger charge is -2.17. The van der Waals surface area contributed by atoms with Crippen LogP contribution in [0.1, 0.15) is 35.8 Å². The predicted octanol–water partition coefficient (Wildman–Crippen LogP) is 2.07. The smallest absolute Gasteiger partial charge is 0.278 e.